The molecule has 2 amide bonds. The third-order valence-corrected chi connectivity index (χ3v) is 5.46. The van der Waals surface area contributed by atoms with Crippen LogP contribution in [0.3, 0.4) is 0 Å². The van der Waals surface area contributed by atoms with Gasteiger partial charge >= 0.3 is 6.09 Å². The molecule has 0 bridgehead atoms. The van der Waals surface area contributed by atoms with Crippen molar-refractivity contribution in [3.63, 3.8) is 0 Å². The second kappa shape index (κ2) is 7.51. The SMILES string of the molecule is CCCC(C)N1CC2(CCN(C(=O)c3ccnc(NC)c3)CC2)OC1=O. The van der Waals surface area contributed by atoms with E-state index in [4.69, 9.17) is 4.74 Å². The van der Waals surface area contributed by atoms with E-state index >= 15 is 0 Å². The van der Waals surface area contributed by atoms with Gasteiger partial charge in [0.15, 0.2) is 0 Å². The van der Waals surface area contributed by atoms with Gasteiger partial charge in [-0.15, -0.1) is 0 Å². The van der Waals surface area contributed by atoms with E-state index in [0.29, 0.717) is 43.9 Å². The molecule has 2 fully saturated rings. The third-order valence-electron chi connectivity index (χ3n) is 5.46. The predicted molar refractivity (Wildman–Crippen MR) is 99.2 cm³/mol. The Hall–Kier alpha value is -2.31. The summed E-state index contributed by atoms with van der Waals surface area (Å²) in [7, 11) is 1.78. The molecule has 1 atom stereocenters. The number of carbonyl (C=O) groups is 2. The van der Waals surface area contributed by atoms with E-state index in [9.17, 15) is 9.59 Å². The van der Waals surface area contributed by atoms with Gasteiger partial charge in [-0.25, -0.2) is 9.78 Å². The smallest absolute Gasteiger partial charge is 0.410 e. The minimum Gasteiger partial charge on any atom is -0.441 e. The fraction of sp³-hybridized carbons (Fsp3) is 0.632. The monoisotopic (exact) mass is 360 g/mol. The summed E-state index contributed by atoms with van der Waals surface area (Å²) in [5, 5.41) is 2.95. The minimum atomic E-state index is -0.440. The lowest BCUT2D eigenvalue weighted by atomic mass is 9.90. The highest BCUT2D eigenvalue weighted by molar-refractivity contribution is 5.94. The average molecular weight is 360 g/mol. The molecular formula is C19H28N4O3. The highest BCUT2D eigenvalue weighted by Gasteiger charge is 2.48. The predicted octanol–water partition coefficient (Wildman–Crippen LogP) is 2.74. The number of nitrogens with zero attached hydrogens (tertiary/aromatic N) is 3. The molecule has 0 radical (unpaired) electrons. The Morgan fingerprint density at radius 3 is 2.81 bits per heavy atom. The molecule has 142 valence electrons. The first kappa shape index (κ1) is 18.5. The van der Waals surface area contributed by atoms with Crippen molar-refractivity contribution in [3.8, 4) is 0 Å². The van der Waals surface area contributed by atoms with E-state index in [0.717, 1.165) is 12.8 Å². The molecule has 1 spiro atoms. The van der Waals surface area contributed by atoms with Gasteiger partial charge in [-0.3, -0.25) is 4.79 Å². The molecule has 0 aromatic carbocycles. The van der Waals surface area contributed by atoms with Crippen LogP contribution in [0.4, 0.5) is 10.6 Å². The second-order valence-electron chi connectivity index (χ2n) is 7.29. The number of piperidine rings is 1. The lowest BCUT2D eigenvalue weighted by Crippen LogP contribution is -2.49. The first-order valence-corrected chi connectivity index (χ1v) is 9.41. The quantitative estimate of drug-likeness (QED) is 0.874. The van der Waals surface area contributed by atoms with Gasteiger partial charge in [-0.05, 0) is 25.5 Å². The molecule has 26 heavy (non-hydrogen) atoms. The zero-order chi connectivity index (χ0) is 18.7. The summed E-state index contributed by atoms with van der Waals surface area (Å²) in [6.07, 6.45) is 4.81. The van der Waals surface area contributed by atoms with Crippen LogP contribution in [0, 0.1) is 0 Å². The van der Waals surface area contributed by atoms with Crippen LogP contribution in [-0.2, 0) is 4.74 Å². The van der Waals surface area contributed by atoms with Crippen molar-refractivity contribution in [2.45, 2.75) is 51.2 Å². The number of rotatable bonds is 5. The number of nitrogens with one attached hydrogen (secondary N) is 1. The van der Waals surface area contributed by atoms with Crippen LogP contribution in [0.15, 0.2) is 18.3 Å². The molecule has 7 heteroatoms. The summed E-state index contributed by atoms with van der Waals surface area (Å²) in [5.74, 6) is 0.675. The Labute approximate surface area is 154 Å². The molecule has 3 heterocycles. The number of anilines is 1. The number of amides is 2. The van der Waals surface area contributed by atoms with E-state index in [1.165, 1.54) is 0 Å². The summed E-state index contributed by atoms with van der Waals surface area (Å²) in [6, 6.07) is 3.69. The zero-order valence-corrected chi connectivity index (χ0v) is 15.8. The topological polar surface area (TPSA) is 74.8 Å². The van der Waals surface area contributed by atoms with Gasteiger partial charge in [0, 0.05) is 50.8 Å². The molecule has 2 saturated heterocycles. The molecule has 0 aliphatic carbocycles. The second-order valence-corrected chi connectivity index (χ2v) is 7.29. The van der Waals surface area contributed by atoms with Crippen molar-refractivity contribution in [2.24, 2.45) is 0 Å². The molecule has 2 aliphatic heterocycles. The van der Waals surface area contributed by atoms with Crippen LogP contribution < -0.4 is 5.32 Å². The van der Waals surface area contributed by atoms with Crippen LogP contribution in [0.25, 0.3) is 0 Å². The van der Waals surface area contributed by atoms with E-state index < -0.39 is 5.60 Å². The van der Waals surface area contributed by atoms with Crippen LogP contribution in [0.1, 0.15) is 49.9 Å². The molecule has 1 aromatic heterocycles. The standard InChI is InChI=1S/C19H28N4O3/c1-4-5-14(2)23-13-19(26-18(23)25)7-10-22(11-8-19)17(24)15-6-9-21-16(12-15)20-3/h6,9,12,14H,4-5,7-8,10-11,13H2,1-3H3,(H,20,21). The van der Waals surface area contributed by atoms with Crippen molar-refractivity contribution >= 4 is 17.8 Å². The minimum absolute atomic E-state index is 0.000666. The Morgan fingerprint density at radius 2 is 2.15 bits per heavy atom. The molecule has 2 aliphatic rings. The van der Waals surface area contributed by atoms with Crippen molar-refractivity contribution < 1.29 is 14.3 Å². The first-order chi connectivity index (χ1) is 12.5. The maximum Gasteiger partial charge on any atom is 0.410 e. The van der Waals surface area contributed by atoms with Crippen LogP contribution in [-0.4, -0.2) is 65.1 Å². The normalized spacial score (nSPS) is 20.2. The zero-order valence-electron chi connectivity index (χ0n) is 15.8. The van der Waals surface area contributed by atoms with Gasteiger partial charge < -0.3 is 19.9 Å². The molecular weight excluding hydrogens is 332 g/mol. The first-order valence-electron chi connectivity index (χ1n) is 9.41. The number of hydrogen-bond acceptors (Lipinski definition) is 5. The number of ether oxygens (including phenoxy) is 1. The van der Waals surface area contributed by atoms with Gasteiger partial charge in [0.05, 0.1) is 6.54 Å². The van der Waals surface area contributed by atoms with Crippen LogP contribution >= 0.6 is 0 Å². The van der Waals surface area contributed by atoms with E-state index in [2.05, 4.69) is 24.1 Å². The van der Waals surface area contributed by atoms with E-state index in [-0.39, 0.29) is 18.0 Å². The van der Waals surface area contributed by atoms with Gasteiger partial charge in [0.25, 0.3) is 5.91 Å². The lowest BCUT2D eigenvalue weighted by Gasteiger charge is -2.37. The summed E-state index contributed by atoms with van der Waals surface area (Å²) < 4.78 is 5.77. The maximum absolute atomic E-state index is 12.7. The van der Waals surface area contributed by atoms with Gasteiger partial charge in [-0.2, -0.15) is 0 Å². The summed E-state index contributed by atoms with van der Waals surface area (Å²) in [6.45, 7) is 6.02. The fourth-order valence-electron chi connectivity index (χ4n) is 3.82. The number of likely N-dealkylation sites (tertiary alicyclic amines) is 1. The fourth-order valence-corrected chi connectivity index (χ4v) is 3.82. The Bertz CT molecular complexity index is 671. The van der Waals surface area contributed by atoms with Gasteiger partial charge in [-0.1, -0.05) is 13.3 Å². The molecule has 1 N–H and O–H groups in total. The third kappa shape index (κ3) is 3.61. The van der Waals surface area contributed by atoms with E-state index in [1.807, 2.05) is 9.80 Å². The number of aromatic nitrogens is 1. The number of hydrogen-bond donors (Lipinski definition) is 1. The van der Waals surface area contributed by atoms with Gasteiger partial charge in [0.2, 0.25) is 0 Å². The molecule has 1 aromatic rings. The number of pyridine rings is 1. The largest absolute Gasteiger partial charge is 0.441 e. The van der Waals surface area contributed by atoms with Crippen molar-refractivity contribution in [3.05, 3.63) is 23.9 Å². The van der Waals surface area contributed by atoms with E-state index in [1.54, 1.807) is 25.4 Å². The van der Waals surface area contributed by atoms with Crippen LogP contribution in [0.2, 0.25) is 0 Å². The van der Waals surface area contributed by atoms with Crippen LogP contribution in [0.5, 0.6) is 0 Å². The highest BCUT2D eigenvalue weighted by Crippen LogP contribution is 2.35. The number of carbonyl (C=O) groups excluding carboxylic acids is 2. The molecule has 7 nitrogen and oxygen atoms in total. The molecule has 1 unspecified atom stereocenters. The highest BCUT2D eigenvalue weighted by atomic mass is 16.6. The van der Waals surface area contributed by atoms with Crippen molar-refractivity contribution in [2.75, 3.05) is 32.0 Å². The summed E-state index contributed by atoms with van der Waals surface area (Å²) in [4.78, 5) is 32.9. The maximum atomic E-state index is 12.7. The Kier molecular flexibility index (Phi) is 5.34. The lowest BCUT2D eigenvalue weighted by molar-refractivity contribution is 0.00306. The summed E-state index contributed by atoms with van der Waals surface area (Å²) >= 11 is 0. The Morgan fingerprint density at radius 1 is 1.42 bits per heavy atom. The van der Waals surface area contributed by atoms with Gasteiger partial charge in [0.1, 0.15) is 11.4 Å². The van der Waals surface area contributed by atoms with Crippen molar-refractivity contribution in [1.29, 1.82) is 0 Å². The Balaban J connectivity index is 1.62. The average Bonchev–Trinajstić information content (AvgIpc) is 2.98. The summed E-state index contributed by atoms with van der Waals surface area (Å²) in [5.41, 5.74) is 0.187. The molecule has 0 saturated carbocycles. The molecule has 3 rings (SSSR count). The van der Waals surface area contributed by atoms with Crippen molar-refractivity contribution in [1.82, 2.24) is 14.8 Å².